The van der Waals surface area contributed by atoms with Gasteiger partial charge in [-0.25, -0.2) is 5.43 Å². The van der Waals surface area contributed by atoms with E-state index in [0.717, 1.165) is 26.6 Å². The molecule has 20 heavy (non-hydrogen) atoms. The lowest BCUT2D eigenvalue weighted by molar-refractivity contribution is 0.648. The molecule has 0 aliphatic carbocycles. The molecular weight excluding hydrogens is 334 g/mol. The van der Waals surface area contributed by atoms with Gasteiger partial charge in [-0.1, -0.05) is 18.2 Å². The standard InChI is InChI=1S/C15H14BrN3S/c1-9-8-11(10-4-2-3-5-13(10)18-9)14(19-17)15-12(16)6-7-20-15/h2-8,14,19H,17H2,1H3. The average molecular weight is 348 g/mol. The lowest BCUT2D eigenvalue weighted by Gasteiger charge is -2.18. The molecule has 3 aromatic rings. The Balaban J connectivity index is 2.24. The number of nitrogens with two attached hydrogens (primary N) is 1. The van der Waals surface area contributed by atoms with E-state index in [4.69, 9.17) is 5.84 Å². The minimum Gasteiger partial charge on any atom is -0.271 e. The molecule has 102 valence electrons. The Morgan fingerprint density at radius 1 is 1.30 bits per heavy atom. The number of hydrogen-bond donors (Lipinski definition) is 2. The van der Waals surface area contributed by atoms with Crippen molar-refractivity contribution in [1.82, 2.24) is 10.4 Å². The molecule has 3 N–H and O–H groups in total. The fourth-order valence-corrected chi connectivity index (χ4v) is 4.08. The zero-order valence-corrected chi connectivity index (χ0v) is 13.3. The highest BCUT2D eigenvalue weighted by atomic mass is 79.9. The van der Waals surface area contributed by atoms with Crippen LogP contribution in [-0.2, 0) is 0 Å². The van der Waals surface area contributed by atoms with E-state index in [9.17, 15) is 0 Å². The summed E-state index contributed by atoms with van der Waals surface area (Å²) >= 11 is 5.27. The maximum absolute atomic E-state index is 5.82. The van der Waals surface area contributed by atoms with Gasteiger partial charge < -0.3 is 0 Å². The summed E-state index contributed by atoms with van der Waals surface area (Å²) in [5, 5.41) is 3.18. The third-order valence-electron chi connectivity index (χ3n) is 3.26. The van der Waals surface area contributed by atoms with Crippen LogP contribution in [0.5, 0.6) is 0 Å². The number of nitrogens with one attached hydrogen (secondary N) is 1. The number of para-hydroxylation sites is 1. The van der Waals surface area contributed by atoms with Gasteiger partial charge in [0.15, 0.2) is 0 Å². The Kier molecular flexibility index (Phi) is 3.85. The fourth-order valence-electron chi connectivity index (χ4n) is 2.40. The molecule has 1 aromatic carbocycles. The van der Waals surface area contributed by atoms with Crippen LogP contribution < -0.4 is 11.3 Å². The third kappa shape index (κ3) is 2.38. The third-order valence-corrected chi connectivity index (χ3v) is 5.20. The predicted octanol–water partition coefficient (Wildman–Crippen LogP) is 3.92. The second kappa shape index (κ2) is 5.61. The Morgan fingerprint density at radius 2 is 2.10 bits per heavy atom. The topological polar surface area (TPSA) is 50.9 Å². The van der Waals surface area contributed by atoms with E-state index in [2.05, 4.69) is 43.9 Å². The van der Waals surface area contributed by atoms with Crippen LogP contribution in [0.4, 0.5) is 0 Å². The molecular formula is C15H14BrN3S. The van der Waals surface area contributed by atoms with Gasteiger partial charge in [-0.3, -0.25) is 10.8 Å². The van der Waals surface area contributed by atoms with Crippen LogP contribution >= 0.6 is 27.3 Å². The molecule has 0 spiro atoms. The molecule has 5 heteroatoms. The molecule has 2 aromatic heterocycles. The number of fused-ring (bicyclic) bond motifs is 1. The number of thiophene rings is 1. The first-order valence-corrected chi connectivity index (χ1v) is 7.93. The predicted molar refractivity (Wildman–Crippen MR) is 87.7 cm³/mol. The van der Waals surface area contributed by atoms with Crippen molar-refractivity contribution in [3.05, 3.63) is 62.4 Å². The first-order valence-electron chi connectivity index (χ1n) is 6.26. The van der Waals surface area contributed by atoms with E-state index < -0.39 is 0 Å². The number of nitrogens with zero attached hydrogens (tertiary/aromatic N) is 1. The van der Waals surface area contributed by atoms with Crippen molar-refractivity contribution in [3.8, 4) is 0 Å². The summed E-state index contributed by atoms with van der Waals surface area (Å²) in [6.07, 6.45) is 0. The number of pyridine rings is 1. The molecule has 1 atom stereocenters. The Morgan fingerprint density at radius 3 is 2.80 bits per heavy atom. The number of benzene rings is 1. The maximum atomic E-state index is 5.82. The number of halogens is 1. The van der Waals surface area contributed by atoms with Crippen LogP contribution in [0.2, 0.25) is 0 Å². The molecule has 0 fully saturated rings. The van der Waals surface area contributed by atoms with Crippen molar-refractivity contribution in [2.75, 3.05) is 0 Å². The van der Waals surface area contributed by atoms with E-state index in [1.165, 1.54) is 4.88 Å². The normalized spacial score (nSPS) is 12.8. The molecule has 3 rings (SSSR count). The van der Waals surface area contributed by atoms with Crippen LogP contribution in [0.25, 0.3) is 10.9 Å². The fraction of sp³-hybridized carbons (Fsp3) is 0.133. The minimum atomic E-state index is -0.0454. The van der Waals surface area contributed by atoms with Gasteiger partial charge in [0.05, 0.1) is 11.6 Å². The van der Waals surface area contributed by atoms with E-state index >= 15 is 0 Å². The van der Waals surface area contributed by atoms with Gasteiger partial charge >= 0.3 is 0 Å². The Labute approximate surface area is 129 Å². The van der Waals surface area contributed by atoms with Gasteiger partial charge in [0.2, 0.25) is 0 Å². The van der Waals surface area contributed by atoms with E-state index in [1.54, 1.807) is 11.3 Å². The molecule has 0 amide bonds. The monoisotopic (exact) mass is 347 g/mol. The molecule has 0 aliphatic heterocycles. The molecule has 2 heterocycles. The van der Waals surface area contributed by atoms with Crippen LogP contribution in [0.15, 0.2) is 46.3 Å². The van der Waals surface area contributed by atoms with Crippen molar-refractivity contribution in [2.45, 2.75) is 13.0 Å². The average Bonchev–Trinajstić information content (AvgIpc) is 2.86. The van der Waals surface area contributed by atoms with Gasteiger partial charge in [-0.2, -0.15) is 0 Å². The summed E-state index contributed by atoms with van der Waals surface area (Å²) in [6, 6.07) is 12.2. The van der Waals surface area contributed by atoms with Crippen molar-refractivity contribution >= 4 is 38.2 Å². The van der Waals surface area contributed by atoms with Gasteiger partial charge in [-0.15, -0.1) is 11.3 Å². The molecule has 3 nitrogen and oxygen atoms in total. The number of hydrogen-bond acceptors (Lipinski definition) is 4. The highest BCUT2D eigenvalue weighted by Crippen LogP contribution is 2.35. The quantitative estimate of drug-likeness (QED) is 0.557. The zero-order valence-electron chi connectivity index (χ0n) is 10.9. The summed E-state index contributed by atoms with van der Waals surface area (Å²) < 4.78 is 1.07. The summed E-state index contributed by atoms with van der Waals surface area (Å²) in [6.45, 7) is 2.01. The smallest absolute Gasteiger partial charge is 0.0821 e. The molecule has 0 aliphatic rings. The summed E-state index contributed by atoms with van der Waals surface area (Å²) in [7, 11) is 0. The molecule has 0 saturated carbocycles. The van der Waals surface area contributed by atoms with Crippen molar-refractivity contribution in [3.63, 3.8) is 0 Å². The summed E-state index contributed by atoms with van der Waals surface area (Å²) in [5.74, 6) is 5.82. The Bertz CT molecular complexity index is 754. The van der Waals surface area contributed by atoms with Crippen LogP contribution in [0.1, 0.15) is 22.2 Å². The van der Waals surface area contributed by atoms with E-state index in [0.29, 0.717) is 0 Å². The molecule has 0 bridgehead atoms. The van der Waals surface area contributed by atoms with Crippen molar-refractivity contribution in [1.29, 1.82) is 0 Å². The van der Waals surface area contributed by atoms with Crippen LogP contribution in [0.3, 0.4) is 0 Å². The van der Waals surface area contributed by atoms with Gasteiger partial charge in [0, 0.05) is 20.4 Å². The van der Waals surface area contributed by atoms with Crippen molar-refractivity contribution in [2.24, 2.45) is 5.84 Å². The van der Waals surface area contributed by atoms with Crippen LogP contribution in [-0.4, -0.2) is 4.98 Å². The SMILES string of the molecule is Cc1cc(C(NN)c2sccc2Br)c2ccccc2n1. The largest absolute Gasteiger partial charge is 0.271 e. The van der Waals surface area contributed by atoms with Crippen molar-refractivity contribution < 1.29 is 0 Å². The van der Waals surface area contributed by atoms with Gasteiger partial charge in [0.1, 0.15) is 0 Å². The first kappa shape index (κ1) is 13.7. The summed E-state index contributed by atoms with van der Waals surface area (Å²) in [4.78, 5) is 5.75. The number of aryl methyl sites for hydroxylation is 1. The number of hydrazine groups is 1. The van der Waals surface area contributed by atoms with E-state index in [-0.39, 0.29) is 6.04 Å². The molecule has 0 saturated heterocycles. The van der Waals surface area contributed by atoms with E-state index in [1.807, 2.05) is 31.2 Å². The maximum Gasteiger partial charge on any atom is 0.0821 e. The lowest BCUT2D eigenvalue weighted by Crippen LogP contribution is -2.28. The van der Waals surface area contributed by atoms with Gasteiger partial charge in [0.25, 0.3) is 0 Å². The zero-order chi connectivity index (χ0) is 14.1. The number of rotatable bonds is 3. The number of aromatic nitrogens is 1. The molecule has 0 radical (unpaired) electrons. The van der Waals surface area contributed by atoms with Gasteiger partial charge in [-0.05, 0) is 52.0 Å². The first-order chi connectivity index (χ1) is 9.70. The second-order valence-electron chi connectivity index (χ2n) is 4.60. The van der Waals surface area contributed by atoms with Crippen LogP contribution in [0, 0.1) is 6.92 Å². The minimum absolute atomic E-state index is 0.0454. The second-order valence-corrected chi connectivity index (χ2v) is 6.40. The summed E-state index contributed by atoms with van der Waals surface area (Å²) in [5.41, 5.74) is 6.07. The lowest BCUT2D eigenvalue weighted by atomic mass is 10.00. The highest BCUT2D eigenvalue weighted by molar-refractivity contribution is 9.10. The highest BCUT2D eigenvalue weighted by Gasteiger charge is 2.19. The Hall–Kier alpha value is -1.27. The molecule has 1 unspecified atom stereocenters.